The molecule has 9 heteroatoms. The zero-order chi connectivity index (χ0) is 17.1. The van der Waals surface area contributed by atoms with E-state index in [4.69, 9.17) is 21.7 Å². The summed E-state index contributed by atoms with van der Waals surface area (Å²) < 4.78 is 0. The Bertz CT molecular complexity index is 391. The van der Waals surface area contributed by atoms with E-state index in [9.17, 15) is 0 Å². The third-order valence-electron chi connectivity index (χ3n) is 3.90. The van der Waals surface area contributed by atoms with Crippen LogP contribution in [0.4, 0.5) is 0 Å². The van der Waals surface area contributed by atoms with Gasteiger partial charge in [-0.25, -0.2) is 0 Å². The van der Waals surface area contributed by atoms with Crippen LogP contribution in [0, 0.1) is 5.92 Å². The van der Waals surface area contributed by atoms with Crippen molar-refractivity contribution in [2.24, 2.45) is 17.4 Å². The largest absolute Gasteiger partial charge is 0.508 e. The van der Waals surface area contributed by atoms with Gasteiger partial charge in [-0.15, -0.1) is 34.0 Å². The zero-order valence-corrected chi connectivity index (χ0v) is 18.5. The standard InChI is InChI=1S/C8H17NO.C8H11NO.B2.B.2BrH/c2*1-6(9)7-2-4-8(10)5-3-7;1-2;;;/h6-8,10H,2-5,9H2,1H3;2-6,10H,9H2,1H3;;;2*1H/t6-,7?,8?;6-;;;;/m11..../s1. The Morgan fingerprint density at radius 3 is 1.68 bits per heavy atom. The van der Waals surface area contributed by atoms with E-state index in [-0.39, 0.29) is 60.3 Å². The van der Waals surface area contributed by atoms with Crippen molar-refractivity contribution in [3.8, 4) is 5.75 Å². The van der Waals surface area contributed by atoms with Crippen LogP contribution >= 0.6 is 34.0 Å². The number of phenols is 1. The Hall–Kier alpha value is 0.0548. The number of benzene rings is 1. The van der Waals surface area contributed by atoms with E-state index in [0.717, 1.165) is 31.2 Å². The van der Waals surface area contributed by atoms with Gasteiger partial charge in [0.2, 0.25) is 0 Å². The van der Waals surface area contributed by atoms with Gasteiger partial charge in [-0.2, -0.15) is 0 Å². The first-order valence-corrected chi connectivity index (χ1v) is 7.71. The van der Waals surface area contributed by atoms with Gasteiger partial charge in [-0.1, -0.05) is 12.1 Å². The van der Waals surface area contributed by atoms with Gasteiger partial charge in [0.1, 0.15) is 5.75 Å². The van der Waals surface area contributed by atoms with Crippen LogP contribution in [0.15, 0.2) is 24.3 Å². The highest BCUT2D eigenvalue weighted by Gasteiger charge is 2.21. The lowest BCUT2D eigenvalue weighted by atomic mass is 9.81. The number of phenolic OH excluding ortho intramolecular Hbond substituents is 1. The number of hydrogen-bond acceptors (Lipinski definition) is 4. The summed E-state index contributed by atoms with van der Waals surface area (Å²) in [6.07, 6.45) is 4.07. The molecule has 0 saturated heterocycles. The molecular formula is C16H30B3Br2N2O2. The van der Waals surface area contributed by atoms with Crippen molar-refractivity contribution in [2.45, 2.75) is 57.7 Å². The predicted molar refractivity (Wildman–Crippen MR) is 120 cm³/mol. The number of aliphatic hydroxyl groups is 1. The van der Waals surface area contributed by atoms with Crippen LogP contribution in [-0.4, -0.2) is 46.2 Å². The molecule has 1 aromatic carbocycles. The Kier molecular flexibility index (Phi) is 24.6. The lowest BCUT2D eigenvalue weighted by Gasteiger charge is -2.27. The fraction of sp³-hybridized carbons (Fsp3) is 0.625. The highest BCUT2D eigenvalue weighted by atomic mass is 79.9. The van der Waals surface area contributed by atoms with Crippen molar-refractivity contribution in [2.75, 3.05) is 0 Å². The average molecular weight is 475 g/mol. The van der Waals surface area contributed by atoms with Gasteiger partial charge < -0.3 is 21.7 Å². The zero-order valence-electron chi connectivity index (χ0n) is 15.0. The molecule has 6 N–H and O–H groups in total. The number of hydrogen-bond donors (Lipinski definition) is 4. The highest BCUT2D eigenvalue weighted by molar-refractivity contribution is 8.93. The van der Waals surface area contributed by atoms with Crippen LogP contribution in [0.25, 0.3) is 0 Å². The molecule has 0 aromatic heterocycles. The Morgan fingerprint density at radius 1 is 0.960 bits per heavy atom. The molecule has 1 aliphatic carbocycles. The summed E-state index contributed by atoms with van der Waals surface area (Å²) in [6, 6.07) is 7.27. The first-order chi connectivity index (χ1) is 10.4. The van der Waals surface area contributed by atoms with Crippen molar-refractivity contribution in [1.82, 2.24) is 0 Å². The summed E-state index contributed by atoms with van der Waals surface area (Å²) in [4.78, 5) is 0. The third kappa shape index (κ3) is 14.9. The monoisotopic (exact) mass is 473 g/mol. The third-order valence-corrected chi connectivity index (χ3v) is 3.90. The Morgan fingerprint density at radius 2 is 1.36 bits per heavy atom. The summed E-state index contributed by atoms with van der Waals surface area (Å²) in [5, 5.41) is 18.1. The molecule has 1 fully saturated rings. The van der Waals surface area contributed by atoms with Crippen LogP contribution in [-0.2, 0) is 0 Å². The molecule has 0 amide bonds. The molecule has 139 valence electrons. The molecule has 4 nitrogen and oxygen atoms in total. The van der Waals surface area contributed by atoms with Crippen LogP contribution in [0.2, 0.25) is 0 Å². The van der Waals surface area contributed by atoms with E-state index in [1.54, 1.807) is 12.1 Å². The van der Waals surface area contributed by atoms with E-state index >= 15 is 0 Å². The van der Waals surface area contributed by atoms with Gasteiger partial charge in [0.15, 0.2) is 0 Å². The van der Waals surface area contributed by atoms with Crippen LogP contribution in [0.3, 0.4) is 0 Å². The number of halogens is 2. The van der Waals surface area contributed by atoms with Crippen molar-refractivity contribution >= 4 is 57.9 Å². The molecule has 0 spiro atoms. The molecule has 0 bridgehead atoms. The second-order valence-corrected chi connectivity index (χ2v) is 5.81. The molecule has 1 saturated carbocycles. The number of rotatable bonds is 2. The molecule has 0 heterocycles. The maximum absolute atomic E-state index is 9.17. The fourth-order valence-corrected chi connectivity index (χ4v) is 2.41. The van der Waals surface area contributed by atoms with Crippen molar-refractivity contribution in [3.63, 3.8) is 0 Å². The molecule has 0 unspecified atom stereocenters. The van der Waals surface area contributed by atoms with Crippen molar-refractivity contribution < 1.29 is 10.2 Å². The fourth-order valence-electron chi connectivity index (χ4n) is 2.41. The summed E-state index contributed by atoms with van der Waals surface area (Å²) in [6.45, 7) is 3.97. The molecule has 2 rings (SSSR count). The van der Waals surface area contributed by atoms with Gasteiger partial charge >= 0.3 is 0 Å². The summed E-state index contributed by atoms with van der Waals surface area (Å²) in [5.74, 6) is 0.938. The predicted octanol–water partition coefficient (Wildman–Crippen LogP) is 2.31. The summed E-state index contributed by atoms with van der Waals surface area (Å²) in [7, 11) is 8.00. The summed E-state index contributed by atoms with van der Waals surface area (Å²) in [5.41, 5.74) is 12.4. The smallest absolute Gasteiger partial charge is 0.115 e. The number of nitrogens with two attached hydrogens (primary N) is 2. The van der Waals surface area contributed by atoms with Crippen LogP contribution in [0.1, 0.15) is 51.1 Å². The first kappa shape index (κ1) is 32.7. The van der Waals surface area contributed by atoms with E-state index in [1.807, 2.05) is 19.1 Å². The maximum Gasteiger partial charge on any atom is 0.115 e. The molecule has 1 aliphatic rings. The van der Waals surface area contributed by atoms with Crippen molar-refractivity contribution in [1.29, 1.82) is 0 Å². The Balaban J connectivity index is -0.000000145. The second-order valence-electron chi connectivity index (χ2n) is 5.81. The normalized spacial score (nSPS) is 20.4. The molecule has 25 heavy (non-hydrogen) atoms. The average Bonchev–Trinajstić information content (AvgIpc) is 2.51. The van der Waals surface area contributed by atoms with Crippen molar-refractivity contribution in [3.05, 3.63) is 29.8 Å². The van der Waals surface area contributed by atoms with E-state index < -0.39 is 0 Å². The minimum atomic E-state index is -0.0463. The lowest BCUT2D eigenvalue weighted by molar-refractivity contribution is 0.103. The molecule has 7 radical (unpaired) electrons. The van der Waals surface area contributed by atoms with Crippen LogP contribution < -0.4 is 11.5 Å². The van der Waals surface area contributed by atoms with Gasteiger partial charge in [-0.3, -0.25) is 0 Å². The van der Waals surface area contributed by atoms with Crippen LogP contribution in [0.5, 0.6) is 5.75 Å². The number of aromatic hydroxyl groups is 1. The minimum Gasteiger partial charge on any atom is -0.508 e. The topological polar surface area (TPSA) is 92.5 Å². The van der Waals surface area contributed by atoms with E-state index in [0.29, 0.717) is 12.0 Å². The van der Waals surface area contributed by atoms with Gasteiger partial charge in [0.05, 0.1) is 6.10 Å². The number of aliphatic hydroxyl groups excluding tert-OH is 1. The summed E-state index contributed by atoms with van der Waals surface area (Å²) >= 11 is 0. The first-order valence-electron chi connectivity index (χ1n) is 7.71. The van der Waals surface area contributed by atoms with Gasteiger partial charge in [0.25, 0.3) is 0 Å². The van der Waals surface area contributed by atoms with E-state index in [1.165, 1.54) is 0 Å². The minimum absolute atomic E-state index is 0. The quantitative estimate of drug-likeness (QED) is 0.495. The Labute approximate surface area is 178 Å². The molecule has 0 aliphatic heterocycles. The SMILES string of the molecule is Br.Br.C[C@@H](N)C1CCC(O)CC1.C[C@@H](N)c1ccc(O)cc1.[B].[B][B]. The lowest BCUT2D eigenvalue weighted by Crippen LogP contribution is -2.31. The molecule has 1 aromatic rings. The maximum atomic E-state index is 9.17. The van der Waals surface area contributed by atoms with Gasteiger partial charge in [-0.05, 0) is 63.1 Å². The molecular weight excluding hydrogens is 444 g/mol. The second kappa shape index (κ2) is 18.8. The molecule has 2 atom stereocenters. The van der Waals surface area contributed by atoms with E-state index in [2.05, 4.69) is 22.4 Å². The highest BCUT2D eigenvalue weighted by Crippen LogP contribution is 2.25. The van der Waals surface area contributed by atoms with Gasteiger partial charge in [0, 0.05) is 36.0 Å².